The lowest BCUT2D eigenvalue weighted by molar-refractivity contribution is -0.125. The molecule has 20 heavy (non-hydrogen) atoms. The predicted octanol–water partition coefficient (Wildman–Crippen LogP) is 4.71. The van der Waals surface area contributed by atoms with Crippen molar-refractivity contribution >= 4 is 14.1 Å². The molecule has 0 aromatic rings. The zero-order valence-corrected chi connectivity index (χ0v) is 14.7. The summed E-state index contributed by atoms with van der Waals surface area (Å²) in [5.74, 6) is 1.18. The fourth-order valence-electron chi connectivity index (χ4n) is 3.10. The van der Waals surface area contributed by atoms with Crippen molar-refractivity contribution in [3.63, 3.8) is 0 Å². The van der Waals surface area contributed by atoms with Gasteiger partial charge in [0.1, 0.15) is 5.78 Å². The molecule has 0 spiro atoms. The van der Waals surface area contributed by atoms with Crippen LogP contribution in [0.5, 0.6) is 0 Å². The van der Waals surface area contributed by atoms with Crippen LogP contribution in [0.3, 0.4) is 0 Å². The first-order valence-electron chi connectivity index (χ1n) is 8.09. The lowest BCUT2D eigenvalue weighted by Crippen LogP contribution is -2.43. The second kappa shape index (κ2) is 5.76. The molecule has 2 rings (SSSR count). The zero-order chi connectivity index (χ0) is 15.0. The Morgan fingerprint density at radius 2 is 1.90 bits per heavy atom. The standard InChI is InChI=1S/C17H30O2Si/c1-17(2,3)20(4,5)19-14-11-10-13(12-14)15-8-6-7-9-16(15)18/h10-11,13-15H,6-9,12H2,1-5H3/t13-,14+,15?/m0/s1. The Kier molecular flexibility index (Phi) is 4.60. The van der Waals surface area contributed by atoms with E-state index in [2.05, 4.69) is 46.0 Å². The summed E-state index contributed by atoms with van der Waals surface area (Å²) in [6, 6.07) is 0. The molecule has 0 saturated heterocycles. The summed E-state index contributed by atoms with van der Waals surface area (Å²) in [6.45, 7) is 11.4. The third-order valence-corrected chi connectivity index (χ3v) is 9.95. The van der Waals surface area contributed by atoms with E-state index in [1.54, 1.807) is 0 Å². The van der Waals surface area contributed by atoms with Crippen LogP contribution < -0.4 is 0 Å². The van der Waals surface area contributed by atoms with Crippen LogP contribution in [0, 0.1) is 11.8 Å². The smallest absolute Gasteiger partial charge is 0.192 e. The van der Waals surface area contributed by atoms with Gasteiger partial charge < -0.3 is 4.43 Å². The number of rotatable bonds is 3. The Hall–Kier alpha value is -0.413. The molecule has 0 aromatic heterocycles. The molecule has 1 saturated carbocycles. The molecule has 1 unspecified atom stereocenters. The van der Waals surface area contributed by atoms with Gasteiger partial charge in [-0.25, -0.2) is 0 Å². The molecule has 2 nitrogen and oxygen atoms in total. The van der Waals surface area contributed by atoms with E-state index in [0.29, 0.717) is 11.7 Å². The van der Waals surface area contributed by atoms with Crippen molar-refractivity contribution in [1.29, 1.82) is 0 Å². The first-order valence-corrected chi connectivity index (χ1v) is 11.0. The van der Waals surface area contributed by atoms with Crippen molar-refractivity contribution in [2.24, 2.45) is 11.8 Å². The fourth-order valence-corrected chi connectivity index (χ4v) is 4.38. The Labute approximate surface area is 125 Å². The van der Waals surface area contributed by atoms with Crippen LogP contribution in [0.1, 0.15) is 52.9 Å². The van der Waals surface area contributed by atoms with Crippen LogP contribution in [0.25, 0.3) is 0 Å². The van der Waals surface area contributed by atoms with Gasteiger partial charge in [-0.05, 0) is 43.3 Å². The minimum Gasteiger partial charge on any atom is -0.411 e. The maximum absolute atomic E-state index is 12.1. The molecule has 2 aliphatic rings. The number of hydrogen-bond donors (Lipinski definition) is 0. The number of carbonyl (C=O) groups excluding carboxylic acids is 1. The summed E-state index contributed by atoms with van der Waals surface area (Å²) < 4.78 is 6.46. The van der Waals surface area contributed by atoms with Crippen molar-refractivity contribution in [3.8, 4) is 0 Å². The molecule has 3 atom stereocenters. The molecule has 114 valence electrons. The van der Waals surface area contributed by atoms with Crippen molar-refractivity contribution in [2.75, 3.05) is 0 Å². The van der Waals surface area contributed by atoms with E-state index >= 15 is 0 Å². The van der Waals surface area contributed by atoms with Crippen LogP contribution in [-0.4, -0.2) is 20.2 Å². The number of Topliss-reactive ketones (excluding diaryl/α,β-unsaturated/α-hetero) is 1. The molecule has 2 aliphatic carbocycles. The fraction of sp³-hybridized carbons (Fsp3) is 0.824. The maximum Gasteiger partial charge on any atom is 0.192 e. The molecule has 0 heterocycles. The highest BCUT2D eigenvalue weighted by Gasteiger charge is 2.41. The Morgan fingerprint density at radius 3 is 2.50 bits per heavy atom. The van der Waals surface area contributed by atoms with Crippen molar-refractivity contribution < 1.29 is 9.22 Å². The second-order valence-corrected chi connectivity index (χ2v) is 12.8. The van der Waals surface area contributed by atoms with E-state index in [1.807, 2.05) is 0 Å². The van der Waals surface area contributed by atoms with E-state index < -0.39 is 8.32 Å². The maximum atomic E-state index is 12.1. The van der Waals surface area contributed by atoms with E-state index in [1.165, 1.54) is 6.42 Å². The van der Waals surface area contributed by atoms with Crippen LogP contribution in [0.4, 0.5) is 0 Å². The Morgan fingerprint density at radius 1 is 1.20 bits per heavy atom. The lowest BCUT2D eigenvalue weighted by atomic mass is 9.79. The predicted molar refractivity (Wildman–Crippen MR) is 86.3 cm³/mol. The first kappa shape index (κ1) is 16.0. The monoisotopic (exact) mass is 294 g/mol. The zero-order valence-electron chi connectivity index (χ0n) is 13.7. The Bertz CT molecular complexity index is 392. The number of ketones is 1. The molecular weight excluding hydrogens is 264 g/mol. The van der Waals surface area contributed by atoms with Gasteiger partial charge in [0.2, 0.25) is 0 Å². The highest BCUT2D eigenvalue weighted by atomic mass is 28.4. The largest absolute Gasteiger partial charge is 0.411 e. The number of hydrogen-bond acceptors (Lipinski definition) is 2. The van der Waals surface area contributed by atoms with Gasteiger partial charge in [-0.3, -0.25) is 4.79 Å². The van der Waals surface area contributed by atoms with Gasteiger partial charge in [0, 0.05) is 12.3 Å². The molecule has 0 aromatic carbocycles. The van der Waals surface area contributed by atoms with Crippen molar-refractivity contribution in [1.82, 2.24) is 0 Å². The van der Waals surface area contributed by atoms with Gasteiger partial charge >= 0.3 is 0 Å². The third kappa shape index (κ3) is 3.42. The molecule has 0 radical (unpaired) electrons. The van der Waals surface area contributed by atoms with Gasteiger partial charge in [0.15, 0.2) is 8.32 Å². The SMILES string of the molecule is CC(C)(C)[Si](C)(C)O[C@@H]1C=C[C@H](C2CCCCC2=O)C1. The van der Waals surface area contributed by atoms with E-state index in [9.17, 15) is 4.79 Å². The van der Waals surface area contributed by atoms with Gasteiger partial charge in [0.25, 0.3) is 0 Å². The average Bonchev–Trinajstić information content (AvgIpc) is 2.75. The normalized spacial score (nSPS) is 31.9. The summed E-state index contributed by atoms with van der Waals surface area (Å²) >= 11 is 0. The summed E-state index contributed by atoms with van der Waals surface area (Å²) in [7, 11) is -1.70. The quantitative estimate of drug-likeness (QED) is 0.556. The molecular formula is C17H30O2Si. The first-order chi connectivity index (χ1) is 9.21. The highest BCUT2D eigenvalue weighted by Crippen LogP contribution is 2.41. The van der Waals surface area contributed by atoms with Crippen molar-refractivity contribution in [3.05, 3.63) is 12.2 Å². The van der Waals surface area contributed by atoms with Crippen LogP contribution in [0.15, 0.2) is 12.2 Å². The van der Waals surface area contributed by atoms with Crippen molar-refractivity contribution in [2.45, 2.75) is 77.1 Å². The summed E-state index contributed by atoms with van der Waals surface area (Å²) in [5, 5.41) is 0.250. The van der Waals surface area contributed by atoms with E-state index in [0.717, 1.165) is 25.7 Å². The van der Waals surface area contributed by atoms with Gasteiger partial charge in [-0.15, -0.1) is 0 Å². The van der Waals surface area contributed by atoms with E-state index in [4.69, 9.17) is 4.43 Å². The average molecular weight is 295 g/mol. The Balaban J connectivity index is 1.93. The molecule has 0 bridgehead atoms. The molecule has 0 N–H and O–H groups in total. The number of allylic oxidation sites excluding steroid dienone is 1. The summed E-state index contributed by atoms with van der Waals surface area (Å²) in [6.07, 6.45) is 9.91. The minimum absolute atomic E-state index is 0.232. The molecule has 1 fully saturated rings. The van der Waals surface area contributed by atoms with Gasteiger partial charge in [-0.2, -0.15) is 0 Å². The molecule has 0 aliphatic heterocycles. The molecule has 0 amide bonds. The summed E-state index contributed by atoms with van der Waals surface area (Å²) in [4.78, 5) is 12.1. The lowest BCUT2D eigenvalue weighted by Gasteiger charge is -2.38. The van der Waals surface area contributed by atoms with E-state index in [-0.39, 0.29) is 17.1 Å². The van der Waals surface area contributed by atoms with Crippen LogP contribution in [0.2, 0.25) is 18.1 Å². The minimum atomic E-state index is -1.70. The highest BCUT2D eigenvalue weighted by molar-refractivity contribution is 6.74. The number of carbonyl (C=O) groups is 1. The van der Waals surface area contributed by atoms with Crippen LogP contribution >= 0.6 is 0 Å². The topological polar surface area (TPSA) is 26.3 Å². The summed E-state index contributed by atoms with van der Waals surface area (Å²) in [5.41, 5.74) is 0. The molecule has 3 heteroatoms. The van der Waals surface area contributed by atoms with Crippen LogP contribution in [-0.2, 0) is 9.22 Å². The van der Waals surface area contributed by atoms with Gasteiger partial charge in [0.05, 0.1) is 6.10 Å². The van der Waals surface area contributed by atoms with Gasteiger partial charge in [-0.1, -0.05) is 39.3 Å². The third-order valence-electron chi connectivity index (χ3n) is 5.45. The second-order valence-electron chi connectivity index (χ2n) is 8.02.